The van der Waals surface area contributed by atoms with Crippen molar-refractivity contribution in [2.45, 2.75) is 24.5 Å². The van der Waals surface area contributed by atoms with Crippen LogP contribution in [-0.4, -0.2) is 16.0 Å². The molecule has 0 bridgehead atoms. The maximum Gasteiger partial charge on any atom is 0.257 e. The van der Waals surface area contributed by atoms with Crippen molar-refractivity contribution in [3.8, 4) is 0 Å². The van der Waals surface area contributed by atoms with Gasteiger partial charge in [0.25, 0.3) is 5.91 Å². The fourth-order valence-electron chi connectivity index (χ4n) is 2.27. The zero-order valence-corrected chi connectivity index (χ0v) is 14.6. The van der Waals surface area contributed by atoms with Gasteiger partial charge in [-0.25, -0.2) is 9.37 Å². The van der Waals surface area contributed by atoms with E-state index in [1.54, 1.807) is 12.1 Å². The van der Waals surface area contributed by atoms with Crippen molar-refractivity contribution in [3.05, 3.63) is 71.0 Å². The highest BCUT2D eigenvalue weighted by Gasteiger charge is 2.15. The first-order chi connectivity index (χ1) is 12.0. The second kappa shape index (κ2) is 7.48. The average Bonchev–Trinajstić information content (AvgIpc) is 2.93. The molecule has 5 nitrogen and oxygen atoms in total. The number of nitrogens with one attached hydrogen (secondary N) is 1. The van der Waals surface area contributed by atoms with Gasteiger partial charge in [0, 0.05) is 16.2 Å². The van der Waals surface area contributed by atoms with Gasteiger partial charge in [-0.2, -0.15) is 0 Å². The number of halogens is 1. The molecule has 1 amide bonds. The normalized spacial score (nSPS) is 10.7. The quantitative estimate of drug-likeness (QED) is 0.687. The predicted molar refractivity (Wildman–Crippen MR) is 94.1 cm³/mol. The molecule has 25 heavy (non-hydrogen) atoms. The van der Waals surface area contributed by atoms with Crippen molar-refractivity contribution in [3.63, 3.8) is 0 Å². The summed E-state index contributed by atoms with van der Waals surface area (Å²) in [4.78, 5) is 17.2. The highest BCUT2D eigenvalue weighted by molar-refractivity contribution is 7.98. The Hall–Kier alpha value is -2.67. The van der Waals surface area contributed by atoms with E-state index in [0.29, 0.717) is 17.1 Å². The molecule has 0 unspecified atom stereocenters. The van der Waals surface area contributed by atoms with E-state index in [-0.39, 0.29) is 5.91 Å². The van der Waals surface area contributed by atoms with Gasteiger partial charge in [-0.05, 0) is 38.1 Å². The molecule has 2 aromatic heterocycles. The van der Waals surface area contributed by atoms with Crippen LogP contribution in [-0.2, 0) is 5.75 Å². The van der Waals surface area contributed by atoms with Crippen LogP contribution in [0.4, 0.5) is 10.2 Å². The number of rotatable bonds is 5. The van der Waals surface area contributed by atoms with Crippen LogP contribution in [0.3, 0.4) is 0 Å². The first kappa shape index (κ1) is 17.2. The Morgan fingerprint density at radius 2 is 2.04 bits per heavy atom. The SMILES string of the molecule is Cc1noc(C)c1CSc1ccccc1C(=O)Nc1ccc(F)cn1. The standard InChI is InChI=1S/C18H16FN3O2S/c1-11-15(12(2)24-22-11)10-25-16-6-4-3-5-14(16)18(23)21-17-8-7-13(19)9-20-17/h3-9H,10H2,1-2H3,(H,20,21,23). The molecule has 0 aliphatic carbocycles. The number of nitrogens with zero attached hydrogens (tertiary/aromatic N) is 2. The zero-order valence-electron chi connectivity index (χ0n) is 13.7. The maximum atomic E-state index is 12.9. The van der Waals surface area contributed by atoms with Crippen molar-refractivity contribution < 1.29 is 13.7 Å². The topological polar surface area (TPSA) is 68.0 Å². The molecule has 0 saturated carbocycles. The first-order valence-corrected chi connectivity index (χ1v) is 8.59. The Kier molecular flexibility index (Phi) is 5.14. The average molecular weight is 357 g/mol. The summed E-state index contributed by atoms with van der Waals surface area (Å²) in [6.45, 7) is 3.76. The molecule has 1 aromatic carbocycles. The molecule has 3 aromatic rings. The lowest BCUT2D eigenvalue weighted by atomic mass is 10.2. The molecule has 0 fully saturated rings. The molecule has 3 rings (SSSR count). The number of amides is 1. The number of hydrogen-bond acceptors (Lipinski definition) is 5. The third-order valence-corrected chi connectivity index (χ3v) is 4.75. The zero-order chi connectivity index (χ0) is 17.8. The van der Waals surface area contributed by atoms with Crippen LogP contribution in [0.1, 0.15) is 27.4 Å². The van der Waals surface area contributed by atoms with Crippen LogP contribution in [0, 0.1) is 19.7 Å². The smallest absolute Gasteiger partial charge is 0.257 e. The summed E-state index contributed by atoms with van der Waals surface area (Å²) >= 11 is 1.53. The summed E-state index contributed by atoms with van der Waals surface area (Å²) in [6.07, 6.45) is 1.06. The van der Waals surface area contributed by atoms with E-state index in [4.69, 9.17) is 4.52 Å². The third kappa shape index (κ3) is 4.06. The number of benzene rings is 1. The van der Waals surface area contributed by atoms with Gasteiger partial charge in [0.2, 0.25) is 0 Å². The van der Waals surface area contributed by atoms with Gasteiger partial charge >= 0.3 is 0 Å². The highest BCUT2D eigenvalue weighted by Crippen LogP contribution is 2.29. The number of anilines is 1. The summed E-state index contributed by atoms with van der Waals surface area (Å²) in [5.74, 6) is 0.994. The fourth-order valence-corrected chi connectivity index (χ4v) is 3.47. The first-order valence-electron chi connectivity index (χ1n) is 7.61. The van der Waals surface area contributed by atoms with Crippen LogP contribution in [0.25, 0.3) is 0 Å². The number of hydrogen-bond donors (Lipinski definition) is 1. The number of thioether (sulfide) groups is 1. The van der Waals surface area contributed by atoms with Crippen molar-refractivity contribution >= 4 is 23.5 Å². The van der Waals surface area contributed by atoms with Crippen molar-refractivity contribution in [1.82, 2.24) is 10.1 Å². The van der Waals surface area contributed by atoms with Crippen LogP contribution in [0.15, 0.2) is 52.0 Å². The minimum Gasteiger partial charge on any atom is -0.361 e. The summed E-state index contributed by atoms with van der Waals surface area (Å²) in [5.41, 5.74) is 2.41. The van der Waals surface area contributed by atoms with E-state index in [1.165, 1.54) is 23.9 Å². The maximum absolute atomic E-state index is 12.9. The Labute approximate surface area is 148 Å². The molecule has 0 aliphatic rings. The van der Waals surface area contributed by atoms with E-state index in [2.05, 4.69) is 15.5 Å². The van der Waals surface area contributed by atoms with E-state index in [0.717, 1.165) is 28.1 Å². The third-order valence-electron chi connectivity index (χ3n) is 3.65. The minimum atomic E-state index is -0.451. The molecule has 0 spiro atoms. The van der Waals surface area contributed by atoms with Crippen molar-refractivity contribution in [2.24, 2.45) is 0 Å². The predicted octanol–water partition coefficient (Wildman–Crippen LogP) is 4.37. The van der Waals surface area contributed by atoms with Crippen LogP contribution in [0.5, 0.6) is 0 Å². The van der Waals surface area contributed by atoms with Gasteiger partial charge in [0.1, 0.15) is 17.4 Å². The van der Waals surface area contributed by atoms with Gasteiger partial charge in [-0.3, -0.25) is 4.79 Å². The molecule has 7 heteroatoms. The Morgan fingerprint density at radius 3 is 2.72 bits per heavy atom. The molecule has 0 saturated heterocycles. The second-order valence-corrected chi connectivity index (χ2v) is 6.42. The van der Waals surface area contributed by atoms with Gasteiger partial charge in [-0.1, -0.05) is 17.3 Å². The van der Waals surface area contributed by atoms with E-state index < -0.39 is 5.82 Å². The Bertz CT molecular complexity index is 874. The molecular formula is C18H16FN3O2S. The minimum absolute atomic E-state index is 0.291. The van der Waals surface area contributed by atoms with Crippen LogP contribution < -0.4 is 5.32 Å². The summed E-state index contributed by atoms with van der Waals surface area (Å²) in [6, 6.07) is 9.98. The number of carbonyl (C=O) groups excluding carboxylic acids is 1. The van der Waals surface area contributed by atoms with Crippen molar-refractivity contribution in [1.29, 1.82) is 0 Å². The van der Waals surface area contributed by atoms with E-state index in [1.807, 2.05) is 26.0 Å². The number of pyridine rings is 1. The molecule has 0 atom stereocenters. The monoisotopic (exact) mass is 357 g/mol. The molecular weight excluding hydrogens is 341 g/mol. The summed E-state index contributed by atoms with van der Waals surface area (Å²) in [7, 11) is 0. The van der Waals surface area contributed by atoms with E-state index in [9.17, 15) is 9.18 Å². The molecule has 0 radical (unpaired) electrons. The summed E-state index contributed by atoms with van der Waals surface area (Å²) < 4.78 is 18.1. The second-order valence-electron chi connectivity index (χ2n) is 5.40. The van der Waals surface area contributed by atoms with Gasteiger partial charge < -0.3 is 9.84 Å². The lowest BCUT2D eigenvalue weighted by Crippen LogP contribution is -2.14. The Balaban J connectivity index is 1.76. The molecule has 2 heterocycles. The molecule has 1 N–H and O–H groups in total. The van der Waals surface area contributed by atoms with Crippen LogP contribution >= 0.6 is 11.8 Å². The largest absolute Gasteiger partial charge is 0.361 e. The highest BCUT2D eigenvalue weighted by atomic mass is 32.2. The number of aryl methyl sites for hydroxylation is 2. The lowest BCUT2D eigenvalue weighted by Gasteiger charge is -2.09. The Morgan fingerprint density at radius 1 is 1.24 bits per heavy atom. The number of aromatic nitrogens is 2. The fraction of sp³-hybridized carbons (Fsp3) is 0.167. The van der Waals surface area contributed by atoms with Crippen molar-refractivity contribution in [2.75, 3.05) is 5.32 Å². The number of carbonyl (C=O) groups is 1. The van der Waals surface area contributed by atoms with Gasteiger partial charge in [0.15, 0.2) is 0 Å². The summed E-state index contributed by atoms with van der Waals surface area (Å²) in [5, 5.41) is 6.62. The van der Waals surface area contributed by atoms with Gasteiger partial charge in [0.05, 0.1) is 17.5 Å². The molecule has 0 aliphatic heterocycles. The van der Waals surface area contributed by atoms with Gasteiger partial charge in [-0.15, -0.1) is 11.8 Å². The lowest BCUT2D eigenvalue weighted by molar-refractivity contribution is 0.102. The molecule has 128 valence electrons. The van der Waals surface area contributed by atoms with Crippen LogP contribution in [0.2, 0.25) is 0 Å². The van der Waals surface area contributed by atoms with E-state index >= 15 is 0 Å².